The van der Waals surface area contributed by atoms with Gasteiger partial charge in [0.25, 0.3) is 0 Å². The molecule has 0 aromatic heterocycles. The summed E-state index contributed by atoms with van der Waals surface area (Å²) >= 11 is 0. The number of rotatable bonds is 3. The molecule has 0 saturated carbocycles. The Hall–Kier alpha value is -1.71. The predicted molar refractivity (Wildman–Crippen MR) is 67.2 cm³/mol. The van der Waals surface area contributed by atoms with Crippen LogP contribution >= 0.6 is 0 Å². The Morgan fingerprint density at radius 1 is 1.53 bits per heavy atom. The van der Waals surface area contributed by atoms with Gasteiger partial charge in [-0.05, 0) is 24.5 Å². The number of ether oxygens (including phenoxy) is 1. The van der Waals surface area contributed by atoms with Gasteiger partial charge >= 0.3 is 6.09 Å². The van der Waals surface area contributed by atoms with Crippen molar-refractivity contribution in [1.82, 2.24) is 5.32 Å². The first-order valence-corrected chi connectivity index (χ1v) is 6.04. The second-order valence-corrected chi connectivity index (χ2v) is 4.22. The van der Waals surface area contributed by atoms with Crippen molar-refractivity contribution in [2.75, 3.05) is 18.5 Å². The van der Waals surface area contributed by atoms with Crippen molar-refractivity contribution in [2.45, 2.75) is 25.8 Å². The van der Waals surface area contributed by atoms with E-state index in [0.717, 1.165) is 25.1 Å². The number of carbonyl (C=O) groups is 1. The number of alkyl carbamates (subject to hydrolysis) is 1. The molecule has 1 aromatic rings. The normalized spacial score (nSPS) is 17.8. The van der Waals surface area contributed by atoms with Gasteiger partial charge in [-0.3, -0.25) is 0 Å². The number of fused-ring (bicyclic) bond motifs is 1. The van der Waals surface area contributed by atoms with Gasteiger partial charge in [0.05, 0.1) is 12.6 Å². The Kier molecular flexibility index (Phi) is 3.85. The summed E-state index contributed by atoms with van der Waals surface area (Å²) in [6.07, 6.45) is 1.38. The first kappa shape index (κ1) is 11.8. The quantitative estimate of drug-likeness (QED) is 0.842. The van der Waals surface area contributed by atoms with Gasteiger partial charge in [-0.1, -0.05) is 25.1 Å². The molecule has 2 N–H and O–H groups in total. The molecule has 0 fully saturated rings. The van der Waals surface area contributed by atoms with Crippen LogP contribution in [0.5, 0.6) is 0 Å². The third kappa shape index (κ3) is 3.12. The van der Waals surface area contributed by atoms with Crippen LogP contribution in [0.2, 0.25) is 0 Å². The van der Waals surface area contributed by atoms with Crippen molar-refractivity contribution in [3.8, 4) is 0 Å². The van der Waals surface area contributed by atoms with Crippen LogP contribution in [0.25, 0.3) is 0 Å². The minimum atomic E-state index is -0.321. The maximum atomic E-state index is 11.4. The Labute approximate surface area is 101 Å². The second-order valence-electron chi connectivity index (χ2n) is 4.22. The monoisotopic (exact) mass is 234 g/mol. The Balaban J connectivity index is 1.88. The zero-order valence-electron chi connectivity index (χ0n) is 10.0. The molecule has 0 radical (unpaired) electrons. The molecule has 1 amide bonds. The zero-order chi connectivity index (χ0) is 12.1. The molecule has 0 bridgehead atoms. The van der Waals surface area contributed by atoms with Gasteiger partial charge in [0.1, 0.15) is 0 Å². The lowest BCUT2D eigenvalue weighted by Crippen LogP contribution is -2.43. The van der Waals surface area contributed by atoms with Crippen molar-refractivity contribution >= 4 is 11.8 Å². The number of benzene rings is 1. The van der Waals surface area contributed by atoms with Crippen molar-refractivity contribution in [3.05, 3.63) is 29.8 Å². The van der Waals surface area contributed by atoms with Crippen molar-refractivity contribution in [2.24, 2.45) is 0 Å². The van der Waals surface area contributed by atoms with E-state index in [4.69, 9.17) is 4.74 Å². The van der Waals surface area contributed by atoms with Gasteiger partial charge in [-0.2, -0.15) is 0 Å². The summed E-state index contributed by atoms with van der Waals surface area (Å²) in [5.41, 5.74) is 2.40. The van der Waals surface area contributed by atoms with E-state index in [1.807, 2.05) is 19.1 Å². The summed E-state index contributed by atoms with van der Waals surface area (Å²) in [5.74, 6) is 0. The molecule has 1 atom stereocenters. The lowest BCUT2D eigenvalue weighted by Gasteiger charge is -2.26. The summed E-state index contributed by atoms with van der Waals surface area (Å²) < 4.78 is 5.00. The number of hydrogen-bond donors (Lipinski definition) is 2. The molecule has 0 spiro atoms. The number of nitrogens with one attached hydrogen (secondary N) is 2. The minimum absolute atomic E-state index is 0.106. The fraction of sp³-hybridized carbons (Fsp3) is 0.462. The number of carbonyl (C=O) groups excluding carboxylic acids is 1. The molecule has 0 saturated heterocycles. The third-order valence-electron chi connectivity index (χ3n) is 2.78. The highest BCUT2D eigenvalue weighted by molar-refractivity contribution is 5.68. The standard InChI is InChI=1S/C13H18N2O2/c1-2-7-17-13(16)15-11-8-10-5-3-4-6-12(10)14-9-11/h3-6,11,14H,2,7-9H2,1H3,(H,15,16)/t11-/m1/s1. The van der Waals surface area contributed by atoms with Gasteiger partial charge in [0.2, 0.25) is 0 Å². The number of hydrogen-bond acceptors (Lipinski definition) is 3. The van der Waals surface area contributed by atoms with Crippen LogP contribution < -0.4 is 10.6 Å². The van der Waals surface area contributed by atoms with Gasteiger partial charge in [-0.25, -0.2) is 4.79 Å². The Bertz CT molecular complexity index is 393. The fourth-order valence-electron chi connectivity index (χ4n) is 1.95. The van der Waals surface area contributed by atoms with Gasteiger partial charge < -0.3 is 15.4 Å². The van der Waals surface area contributed by atoms with Crippen LogP contribution in [0.15, 0.2) is 24.3 Å². The molecule has 1 aliphatic rings. The van der Waals surface area contributed by atoms with Crippen molar-refractivity contribution in [1.29, 1.82) is 0 Å². The topological polar surface area (TPSA) is 50.4 Å². The molecule has 0 aliphatic carbocycles. The number of para-hydroxylation sites is 1. The van der Waals surface area contributed by atoms with Crippen LogP contribution in [0.3, 0.4) is 0 Å². The van der Waals surface area contributed by atoms with Crippen molar-refractivity contribution in [3.63, 3.8) is 0 Å². The second kappa shape index (κ2) is 5.57. The summed E-state index contributed by atoms with van der Waals surface area (Å²) in [6, 6.07) is 8.26. The van der Waals surface area contributed by atoms with Crippen LogP contribution in [0, 0.1) is 0 Å². The third-order valence-corrected chi connectivity index (χ3v) is 2.78. The van der Waals surface area contributed by atoms with E-state index in [1.165, 1.54) is 5.56 Å². The van der Waals surface area contributed by atoms with Crippen LogP contribution in [0.4, 0.5) is 10.5 Å². The lowest BCUT2D eigenvalue weighted by molar-refractivity contribution is 0.142. The highest BCUT2D eigenvalue weighted by atomic mass is 16.5. The fourth-order valence-corrected chi connectivity index (χ4v) is 1.95. The molecule has 2 rings (SSSR count). The number of amides is 1. The first-order chi connectivity index (χ1) is 8.29. The number of anilines is 1. The predicted octanol–water partition coefficient (Wildman–Crippen LogP) is 2.16. The Morgan fingerprint density at radius 2 is 2.35 bits per heavy atom. The molecular weight excluding hydrogens is 216 g/mol. The minimum Gasteiger partial charge on any atom is -0.450 e. The SMILES string of the molecule is CCCOC(=O)N[C@H]1CNc2ccccc2C1. The smallest absolute Gasteiger partial charge is 0.407 e. The highest BCUT2D eigenvalue weighted by Crippen LogP contribution is 2.20. The molecule has 0 unspecified atom stereocenters. The van der Waals surface area contributed by atoms with Gasteiger partial charge in [-0.15, -0.1) is 0 Å². The van der Waals surface area contributed by atoms with E-state index < -0.39 is 0 Å². The highest BCUT2D eigenvalue weighted by Gasteiger charge is 2.19. The van der Waals surface area contributed by atoms with E-state index in [1.54, 1.807) is 0 Å². The molecule has 1 aliphatic heterocycles. The van der Waals surface area contributed by atoms with Gasteiger partial charge in [0.15, 0.2) is 0 Å². The van der Waals surface area contributed by atoms with E-state index in [9.17, 15) is 4.79 Å². The summed E-state index contributed by atoms with van der Waals surface area (Å²) in [7, 11) is 0. The molecule has 92 valence electrons. The van der Waals surface area contributed by atoms with Crippen LogP contribution in [-0.4, -0.2) is 25.3 Å². The average molecular weight is 234 g/mol. The van der Waals surface area contributed by atoms with Gasteiger partial charge in [0, 0.05) is 12.2 Å². The van der Waals surface area contributed by atoms with Crippen molar-refractivity contribution < 1.29 is 9.53 Å². The molecular formula is C13H18N2O2. The van der Waals surface area contributed by atoms with E-state index in [0.29, 0.717) is 6.61 Å². The summed E-state index contributed by atoms with van der Waals surface area (Å²) in [4.78, 5) is 11.4. The van der Waals surface area contributed by atoms with Crippen LogP contribution in [-0.2, 0) is 11.2 Å². The molecule has 1 heterocycles. The largest absolute Gasteiger partial charge is 0.450 e. The average Bonchev–Trinajstić information content (AvgIpc) is 2.36. The van der Waals surface area contributed by atoms with E-state index in [-0.39, 0.29) is 12.1 Å². The summed E-state index contributed by atoms with van der Waals surface area (Å²) in [6.45, 7) is 3.20. The zero-order valence-corrected chi connectivity index (χ0v) is 10.0. The molecule has 1 aromatic carbocycles. The maximum absolute atomic E-state index is 11.4. The molecule has 4 heteroatoms. The van der Waals surface area contributed by atoms with E-state index in [2.05, 4.69) is 22.8 Å². The Morgan fingerprint density at radius 3 is 3.18 bits per heavy atom. The molecule has 17 heavy (non-hydrogen) atoms. The van der Waals surface area contributed by atoms with Crippen LogP contribution in [0.1, 0.15) is 18.9 Å². The lowest BCUT2D eigenvalue weighted by atomic mass is 10.00. The summed E-state index contributed by atoms with van der Waals surface area (Å²) in [5, 5.41) is 6.17. The maximum Gasteiger partial charge on any atom is 0.407 e. The molecule has 4 nitrogen and oxygen atoms in total. The first-order valence-electron chi connectivity index (χ1n) is 6.04. The van der Waals surface area contributed by atoms with E-state index >= 15 is 0 Å².